The van der Waals surface area contributed by atoms with E-state index < -0.39 is 0 Å². The molecule has 2 aromatic rings. The molecule has 0 saturated carbocycles. The van der Waals surface area contributed by atoms with Gasteiger partial charge in [0.25, 0.3) is 0 Å². The fourth-order valence-corrected chi connectivity index (χ4v) is 1.10. The van der Waals surface area contributed by atoms with Crippen LogP contribution in [0.25, 0.3) is 0 Å². The molecule has 4 heteroatoms. The van der Waals surface area contributed by atoms with Crippen LogP contribution in [0.3, 0.4) is 0 Å². The van der Waals surface area contributed by atoms with Crippen molar-refractivity contribution in [2.45, 2.75) is 0 Å². The first kappa shape index (κ1) is 8.50. The van der Waals surface area contributed by atoms with Gasteiger partial charge in [0.05, 0.1) is 6.20 Å². The van der Waals surface area contributed by atoms with Gasteiger partial charge in [0.2, 0.25) is 0 Å². The fraction of sp³-hybridized carbons (Fsp3) is 0. The lowest BCUT2D eigenvalue weighted by Gasteiger charge is -2.04. The Labute approximate surface area is 81.3 Å². The van der Waals surface area contributed by atoms with Gasteiger partial charge in [-0.05, 0) is 12.1 Å². The van der Waals surface area contributed by atoms with Crippen LogP contribution in [0, 0.1) is 0 Å². The van der Waals surface area contributed by atoms with Gasteiger partial charge >= 0.3 is 0 Å². The van der Waals surface area contributed by atoms with Crippen molar-refractivity contribution in [2.75, 3.05) is 5.32 Å². The predicted molar refractivity (Wildman–Crippen MR) is 53.4 cm³/mol. The van der Waals surface area contributed by atoms with Crippen LogP contribution >= 0.6 is 0 Å². The first-order valence-electron chi connectivity index (χ1n) is 4.17. The summed E-state index contributed by atoms with van der Waals surface area (Å²) in [7, 11) is 0. The van der Waals surface area contributed by atoms with Crippen molar-refractivity contribution >= 4 is 11.5 Å². The zero-order valence-corrected chi connectivity index (χ0v) is 7.38. The molecule has 14 heavy (non-hydrogen) atoms. The molecular formula is C10H9N3O. The number of aromatic hydroxyl groups is 1. The lowest BCUT2D eigenvalue weighted by Crippen LogP contribution is -1.92. The lowest BCUT2D eigenvalue weighted by atomic mass is 10.3. The van der Waals surface area contributed by atoms with Gasteiger partial charge in [0, 0.05) is 24.1 Å². The van der Waals surface area contributed by atoms with Crippen LogP contribution in [0.2, 0.25) is 0 Å². The summed E-state index contributed by atoms with van der Waals surface area (Å²) in [6.45, 7) is 0. The van der Waals surface area contributed by atoms with Crippen LogP contribution in [0.1, 0.15) is 0 Å². The van der Waals surface area contributed by atoms with Crippen LogP contribution in [-0.2, 0) is 0 Å². The van der Waals surface area contributed by atoms with E-state index in [4.69, 9.17) is 0 Å². The topological polar surface area (TPSA) is 58.0 Å². The molecule has 0 aliphatic carbocycles. The highest BCUT2D eigenvalue weighted by Crippen LogP contribution is 2.18. The summed E-state index contributed by atoms with van der Waals surface area (Å²) in [6.07, 6.45) is 4.82. The molecule has 1 heterocycles. The molecule has 0 unspecified atom stereocenters. The third-order valence-electron chi connectivity index (χ3n) is 1.68. The number of nitrogens with one attached hydrogen (secondary N) is 1. The molecule has 2 N–H and O–H groups in total. The highest BCUT2D eigenvalue weighted by Gasteiger charge is 1.95. The van der Waals surface area contributed by atoms with E-state index >= 15 is 0 Å². The molecule has 0 bridgehead atoms. The number of hydrogen-bond acceptors (Lipinski definition) is 4. The Bertz CT molecular complexity index is 417. The van der Waals surface area contributed by atoms with Crippen molar-refractivity contribution in [1.82, 2.24) is 9.97 Å². The number of anilines is 2. The van der Waals surface area contributed by atoms with Crippen LogP contribution in [0.15, 0.2) is 42.9 Å². The maximum absolute atomic E-state index is 9.22. The van der Waals surface area contributed by atoms with Gasteiger partial charge in [0.15, 0.2) is 0 Å². The van der Waals surface area contributed by atoms with E-state index in [0.29, 0.717) is 5.82 Å². The summed E-state index contributed by atoms with van der Waals surface area (Å²) >= 11 is 0. The Morgan fingerprint density at radius 3 is 2.86 bits per heavy atom. The molecule has 0 atom stereocenters. The second-order valence-electron chi connectivity index (χ2n) is 2.77. The Balaban J connectivity index is 2.19. The average Bonchev–Trinajstić information content (AvgIpc) is 2.19. The van der Waals surface area contributed by atoms with Crippen molar-refractivity contribution in [3.05, 3.63) is 42.9 Å². The molecule has 0 saturated heterocycles. The van der Waals surface area contributed by atoms with Crippen molar-refractivity contribution in [3.8, 4) is 5.75 Å². The Morgan fingerprint density at radius 2 is 2.14 bits per heavy atom. The maximum atomic E-state index is 9.22. The molecule has 0 fully saturated rings. The fourth-order valence-electron chi connectivity index (χ4n) is 1.10. The zero-order chi connectivity index (χ0) is 9.80. The first-order chi connectivity index (χ1) is 6.84. The minimum atomic E-state index is 0.221. The second-order valence-corrected chi connectivity index (χ2v) is 2.77. The largest absolute Gasteiger partial charge is 0.508 e. The minimum Gasteiger partial charge on any atom is -0.508 e. The summed E-state index contributed by atoms with van der Waals surface area (Å²) in [6, 6.07) is 6.83. The zero-order valence-electron chi connectivity index (χ0n) is 7.38. The molecule has 0 spiro atoms. The SMILES string of the molecule is Oc1cccc(Nc2cnccn2)c1. The standard InChI is InChI=1S/C10H9N3O/c14-9-3-1-2-8(6-9)13-10-7-11-4-5-12-10/h1-7,14H,(H,12,13). The third kappa shape index (κ3) is 1.98. The molecule has 1 aromatic carbocycles. The van der Waals surface area contributed by atoms with E-state index in [2.05, 4.69) is 15.3 Å². The van der Waals surface area contributed by atoms with Gasteiger partial charge < -0.3 is 10.4 Å². The van der Waals surface area contributed by atoms with Gasteiger partial charge in [0.1, 0.15) is 11.6 Å². The van der Waals surface area contributed by atoms with Gasteiger partial charge in [-0.15, -0.1) is 0 Å². The van der Waals surface area contributed by atoms with Crippen LogP contribution in [-0.4, -0.2) is 15.1 Å². The van der Waals surface area contributed by atoms with Gasteiger partial charge in [-0.3, -0.25) is 4.98 Å². The summed E-state index contributed by atoms with van der Waals surface area (Å²) < 4.78 is 0. The average molecular weight is 187 g/mol. The number of nitrogens with zero attached hydrogens (tertiary/aromatic N) is 2. The van der Waals surface area contributed by atoms with Crippen molar-refractivity contribution in [1.29, 1.82) is 0 Å². The normalized spacial score (nSPS) is 9.71. The highest BCUT2D eigenvalue weighted by atomic mass is 16.3. The number of hydrogen-bond donors (Lipinski definition) is 2. The number of aromatic nitrogens is 2. The number of phenols is 1. The van der Waals surface area contributed by atoms with E-state index in [-0.39, 0.29) is 5.75 Å². The summed E-state index contributed by atoms with van der Waals surface area (Å²) in [5, 5.41) is 12.2. The lowest BCUT2D eigenvalue weighted by molar-refractivity contribution is 0.475. The Kier molecular flexibility index (Phi) is 2.27. The van der Waals surface area contributed by atoms with Crippen molar-refractivity contribution < 1.29 is 5.11 Å². The summed E-state index contributed by atoms with van der Waals surface area (Å²) in [5.74, 6) is 0.872. The smallest absolute Gasteiger partial charge is 0.148 e. The number of benzene rings is 1. The number of rotatable bonds is 2. The second kappa shape index (κ2) is 3.74. The monoisotopic (exact) mass is 187 g/mol. The third-order valence-corrected chi connectivity index (χ3v) is 1.68. The Hall–Kier alpha value is -2.10. The molecular weight excluding hydrogens is 178 g/mol. The van der Waals surface area contributed by atoms with Crippen LogP contribution in [0.4, 0.5) is 11.5 Å². The van der Waals surface area contributed by atoms with Gasteiger partial charge in [-0.2, -0.15) is 0 Å². The first-order valence-corrected chi connectivity index (χ1v) is 4.17. The molecule has 4 nitrogen and oxygen atoms in total. The van der Waals surface area contributed by atoms with Gasteiger partial charge in [-0.1, -0.05) is 6.07 Å². The van der Waals surface area contributed by atoms with Crippen LogP contribution < -0.4 is 5.32 Å². The van der Waals surface area contributed by atoms with E-state index in [9.17, 15) is 5.11 Å². The van der Waals surface area contributed by atoms with E-state index in [1.807, 2.05) is 6.07 Å². The predicted octanol–water partition coefficient (Wildman–Crippen LogP) is 1.93. The Morgan fingerprint density at radius 1 is 1.21 bits per heavy atom. The molecule has 0 aliphatic rings. The maximum Gasteiger partial charge on any atom is 0.148 e. The molecule has 0 amide bonds. The summed E-state index contributed by atoms with van der Waals surface area (Å²) in [4.78, 5) is 7.96. The summed E-state index contributed by atoms with van der Waals surface area (Å²) in [5.41, 5.74) is 0.783. The van der Waals surface area contributed by atoms with E-state index in [1.54, 1.807) is 36.8 Å². The van der Waals surface area contributed by atoms with Crippen molar-refractivity contribution in [2.24, 2.45) is 0 Å². The van der Waals surface area contributed by atoms with E-state index in [0.717, 1.165) is 5.69 Å². The molecule has 2 rings (SSSR count). The molecule has 0 aliphatic heterocycles. The number of phenolic OH excluding ortho intramolecular Hbond substituents is 1. The highest BCUT2D eigenvalue weighted by molar-refractivity contribution is 5.56. The van der Waals surface area contributed by atoms with E-state index in [1.165, 1.54) is 0 Å². The minimum absolute atomic E-state index is 0.221. The van der Waals surface area contributed by atoms with Gasteiger partial charge in [-0.25, -0.2) is 4.98 Å². The van der Waals surface area contributed by atoms with Crippen molar-refractivity contribution in [3.63, 3.8) is 0 Å². The molecule has 70 valence electrons. The van der Waals surface area contributed by atoms with Crippen LogP contribution in [0.5, 0.6) is 5.75 Å². The quantitative estimate of drug-likeness (QED) is 0.754. The molecule has 0 radical (unpaired) electrons. The molecule has 1 aromatic heterocycles.